The third-order valence-corrected chi connectivity index (χ3v) is 4.84. The number of ether oxygens (including phenoxy) is 2. The van der Waals surface area contributed by atoms with Gasteiger partial charge >= 0.3 is 0 Å². The molecule has 2 aromatic carbocycles. The number of fused-ring (bicyclic) bond motifs is 1. The van der Waals surface area contributed by atoms with Gasteiger partial charge in [-0.2, -0.15) is 0 Å². The van der Waals surface area contributed by atoms with Gasteiger partial charge in [0.25, 0.3) is 0 Å². The van der Waals surface area contributed by atoms with Gasteiger partial charge in [0.05, 0.1) is 5.02 Å². The van der Waals surface area contributed by atoms with Crippen LogP contribution in [0.5, 0.6) is 11.5 Å². The number of hydrogen-bond donors (Lipinski definition) is 1. The van der Waals surface area contributed by atoms with E-state index in [1.807, 2.05) is 18.2 Å². The van der Waals surface area contributed by atoms with Crippen molar-refractivity contribution in [2.24, 2.45) is 0 Å². The molecular formula is C18H13ClFN3O2S. The molecule has 0 radical (unpaired) electrons. The summed E-state index contributed by atoms with van der Waals surface area (Å²) in [5.41, 5.74) is 1.88. The highest BCUT2D eigenvalue weighted by Crippen LogP contribution is 2.40. The van der Waals surface area contributed by atoms with Gasteiger partial charge in [-0.3, -0.25) is 5.10 Å². The summed E-state index contributed by atoms with van der Waals surface area (Å²) in [5, 5.41) is 8.20. The maximum Gasteiger partial charge on any atom is 0.231 e. The second-order valence-electron chi connectivity index (χ2n) is 5.49. The molecule has 2 heterocycles. The molecule has 0 spiro atoms. The molecule has 0 atom stereocenters. The maximum absolute atomic E-state index is 12.9. The highest BCUT2D eigenvalue weighted by molar-refractivity contribution is 7.98. The average molecular weight is 390 g/mol. The molecular weight excluding hydrogens is 377 g/mol. The van der Waals surface area contributed by atoms with Crippen LogP contribution in [0.1, 0.15) is 17.0 Å². The first kappa shape index (κ1) is 16.9. The second-order valence-corrected chi connectivity index (χ2v) is 6.84. The molecule has 5 nitrogen and oxygen atoms in total. The minimum Gasteiger partial charge on any atom is -0.454 e. The zero-order valence-corrected chi connectivity index (χ0v) is 15.0. The van der Waals surface area contributed by atoms with Crippen molar-refractivity contribution in [1.82, 2.24) is 15.2 Å². The highest BCUT2D eigenvalue weighted by atomic mass is 35.5. The molecule has 0 aliphatic carbocycles. The predicted octanol–water partition coefficient (Wildman–Crippen LogP) is 4.79. The third-order valence-electron chi connectivity index (χ3n) is 3.64. The molecule has 0 amide bonds. The van der Waals surface area contributed by atoms with Crippen LogP contribution in [-0.2, 0) is 5.75 Å². The summed E-state index contributed by atoms with van der Waals surface area (Å²) in [7, 11) is 0. The van der Waals surface area contributed by atoms with Crippen molar-refractivity contribution in [2.75, 3.05) is 6.79 Å². The molecule has 3 aromatic rings. The van der Waals surface area contributed by atoms with E-state index in [9.17, 15) is 4.39 Å². The minimum atomic E-state index is -0.260. The first-order chi connectivity index (χ1) is 12.7. The number of thioether (sulfide) groups is 1. The Morgan fingerprint density at radius 3 is 2.88 bits per heavy atom. The Bertz CT molecular complexity index is 960. The summed E-state index contributed by atoms with van der Waals surface area (Å²) >= 11 is 7.67. The Morgan fingerprint density at radius 2 is 2.04 bits per heavy atom. The van der Waals surface area contributed by atoms with Gasteiger partial charge in [-0.15, -0.1) is 5.10 Å². The lowest BCUT2D eigenvalue weighted by Crippen LogP contribution is -1.93. The normalized spacial score (nSPS) is 12.8. The highest BCUT2D eigenvalue weighted by Gasteiger charge is 2.18. The van der Waals surface area contributed by atoms with Crippen molar-refractivity contribution >= 4 is 35.5 Å². The fraction of sp³-hybridized carbons (Fsp3) is 0.111. The van der Waals surface area contributed by atoms with Gasteiger partial charge in [-0.05, 0) is 41.5 Å². The fourth-order valence-electron chi connectivity index (χ4n) is 2.40. The van der Waals surface area contributed by atoms with Gasteiger partial charge < -0.3 is 9.47 Å². The number of hydrogen-bond acceptors (Lipinski definition) is 5. The van der Waals surface area contributed by atoms with Crippen molar-refractivity contribution in [3.05, 3.63) is 64.2 Å². The van der Waals surface area contributed by atoms with E-state index in [-0.39, 0.29) is 12.6 Å². The lowest BCUT2D eigenvalue weighted by Gasteiger charge is -2.03. The topological polar surface area (TPSA) is 60.0 Å². The van der Waals surface area contributed by atoms with E-state index in [0.717, 1.165) is 11.1 Å². The van der Waals surface area contributed by atoms with Crippen LogP contribution in [0.3, 0.4) is 0 Å². The molecule has 1 N–H and O–H groups in total. The summed E-state index contributed by atoms with van der Waals surface area (Å²) in [5.74, 6) is 2.26. The summed E-state index contributed by atoms with van der Waals surface area (Å²) in [6.07, 6.45) is 3.63. The van der Waals surface area contributed by atoms with Gasteiger partial charge in [-0.25, -0.2) is 9.37 Å². The molecule has 1 aromatic heterocycles. The van der Waals surface area contributed by atoms with Gasteiger partial charge in [0, 0.05) is 5.75 Å². The number of halogens is 2. The second kappa shape index (κ2) is 7.39. The van der Waals surface area contributed by atoms with Crippen LogP contribution in [0, 0.1) is 5.82 Å². The number of nitrogens with zero attached hydrogens (tertiary/aromatic N) is 2. The van der Waals surface area contributed by atoms with Crippen LogP contribution >= 0.6 is 23.4 Å². The Morgan fingerprint density at radius 1 is 1.19 bits per heavy atom. The van der Waals surface area contributed by atoms with Gasteiger partial charge in [-0.1, -0.05) is 41.6 Å². The van der Waals surface area contributed by atoms with Gasteiger partial charge in [0.2, 0.25) is 11.9 Å². The fourth-order valence-corrected chi connectivity index (χ4v) is 3.42. The first-order valence-electron chi connectivity index (χ1n) is 7.74. The van der Waals surface area contributed by atoms with Gasteiger partial charge in [0.15, 0.2) is 11.5 Å². The Kier molecular flexibility index (Phi) is 4.81. The molecule has 0 fully saturated rings. The summed E-state index contributed by atoms with van der Waals surface area (Å²) in [4.78, 5) is 4.40. The molecule has 0 bridgehead atoms. The van der Waals surface area contributed by atoms with Crippen LogP contribution in [0.2, 0.25) is 5.02 Å². The smallest absolute Gasteiger partial charge is 0.231 e. The van der Waals surface area contributed by atoms with E-state index in [1.54, 1.807) is 18.2 Å². The Balaban J connectivity index is 1.39. The van der Waals surface area contributed by atoms with Crippen LogP contribution in [-0.4, -0.2) is 22.0 Å². The van der Waals surface area contributed by atoms with E-state index in [1.165, 1.54) is 23.9 Å². The molecule has 132 valence electrons. The number of rotatable bonds is 5. The Labute approximate surface area is 158 Å². The zero-order chi connectivity index (χ0) is 17.9. The van der Waals surface area contributed by atoms with E-state index in [4.69, 9.17) is 21.1 Å². The first-order valence-corrected chi connectivity index (χ1v) is 9.10. The number of aromatic nitrogens is 3. The number of H-pyrrole nitrogens is 1. The molecule has 4 rings (SSSR count). The maximum atomic E-state index is 12.9. The van der Waals surface area contributed by atoms with E-state index < -0.39 is 0 Å². The largest absolute Gasteiger partial charge is 0.454 e. The van der Waals surface area contributed by atoms with Crippen LogP contribution < -0.4 is 9.47 Å². The lowest BCUT2D eigenvalue weighted by atomic mass is 10.2. The third kappa shape index (κ3) is 3.84. The summed E-state index contributed by atoms with van der Waals surface area (Å²) < 4.78 is 23.6. The number of benzene rings is 2. The summed E-state index contributed by atoms with van der Waals surface area (Å²) in [6, 6.07) is 9.98. The van der Waals surface area contributed by atoms with Crippen LogP contribution in [0.25, 0.3) is 12.2 Å². The van der Waals surface area contributed by atoms with E-state index >= 15 is 0 Å². The molecule has 8 heteroatoms. The SMILES string of the molecule is Fc1ccc(/C=C/c2nc(SCc3cc(Cl)c4c(c3)OCO4)n[nH]2)cc1. The van der Waals surface area contributed by atoms with E-state index in [0.29, 0.717) is 33.3 Å². The molecule has 1 aliphatic rings. The average Bonchev–Trinajstić information content (AvgIpc) is 3.29. The van der Waals surface area contributed by atoms with E-state index in [2.05, 4.69) is 15.2 Å². The quantitative estimate of drug-likeness (QED) is 0.636. The molecule has 0 unspecified atom stereocenters. The van der Waals surface area contributed by atoms with Crippen molar-refractivity contribution in [2.45, 2.75) is 10.9 Å². The Hall–Kier alpha value is -2.51. The van der Waals surface area contributed by atoms with Crippen molar-refractivity contribution in [3.8, 4) is 11.5 Å². The monoisotopic (exact) mass is 389 g/mol. The lowest BCUT2D eigenvalue weighted by molar-refractivity contribution is 0.174. The molecule has 1 aliphatic heterocycles. The molecule has 0 saturated heterocycles. The van der Waals surface area contributed by atoms with Crippen molar-refractivity contribution < 1.29 is 13.9 Å². The van der Waals surface area contributed by atoms with Crippen LogP contribution in [0.4, 0.5) is 4.39 Å². The molecule has 26 heavy (non-hydrogen) atoms. The molecule has 0 saturated carbocycles. The summed E-state index contributed by atoms with van der Waals surface area (Å²) in [6.45, 7) is 0.191. The standard InChI is InChI=1S/C18H13ClFN3O2S/c19-14-7-12(8-15-17(14)25-10-24-15)9-26-18-21-16(22-23-18)6-3-11-1-4-13(20)5-2-11/h1-8H,9-10H2,(H,21,22,23)/b6-3+. The van der Waals surface area contributed by atoms with Crippen molar-refractivity contribution in [1.29, 1.82) is 0 Å². The van der Waals surface area contributed by atoms with Crippen molar-refractivity contribution in [3.63, 3.8) is 0 Å². The van der Waals surface area contributed by atoms with Crippen LogP contribution in [0.15, 0.2) is 41.6 Å². The minimum absolute atomic E-state index is 0.191. The number of aromatic amines is 1. The van der Waals surface area contributed by atoms with Gasteiger partial charge in [0.1, 0.15) is 11.6 Å². The number of nitrogens with one attached hydrogen (secondary N) is 1. The predicted molar refractivity (Wildman–Crippen MR) is 98.8 cm³/mol. The zero-order valence-electron chi connectivity index (χ0n) is 13.4.